The van der Waals surface area contributed by atoms with Crippen LogP contribution in [0.3, 0.4) is 0 Å². The summed E-state index contributed by atoms with van der Waals surface area (Å²) in [6.07, 6.45) is 4.13. The van der Waals surface area contributed by atoms with Gasteiger partial charge in [-0.2, -0.15) is 0 Å². The molecule has 3 rings (SSSR count). The Hall–Kier alpha value is -3.75. The summed E-state index contributed by atoms with van der Waals surface area (Å²) in [7, 11) is 0. The van der Waals surface area contributed by atoms with Gasteiger partial charge in [-0.1, -0.05) is 11.2 Å². The second-order valence-corrected chi connectivity index (χ2v) is 5.62. The summed E-state index contributed by atoms with van der Waals surface area (Å²) in [4.78, 5) is 31.7. The first-order valence-electron chi connectivity index (χ1n) is 8.06. The largest absolute Gasteiger partial charge is 0.489 e. The van der Waals surface area contributed by atoms with E-state index < -0.39 is 11.8 Å². The number of nitrogens with zero attached hydrogens (tertiary/aromatic N) is 3. The van der Waals surface area contributed by atoms with Crippen LogP contribution >= 0.6 is 0 Å². The number of rotatable bonds is 5. The van der Waals surface area contributed by atoms with Crippen molar-refractivity contribution in [2.75, 3.05) is 0 Å². The van der Waals surface area contributed by atoms with E-state index in [0.717, 1.165) is 11.3 Å². The molecule has 2 heterocycles. The van der Waals surface area contributed by atoms with Gasteiger partial charge in [0.05, 0.1) is 17.5 Å². The van der Waals surface area contributed by atoms with Crippen LogP contribution in [0.2, 0.25) is 0 Å². The van der Waals surface area contributed by atoms with Crippen molar-refractivity contribution < 1.29 is 18.8 Å². The van der Waals surface area contributed by atoms with Crippen molar-refractivity contribution >= 4 is 11.8 Å². The molecule has 2 aromatic heterocycles. The molecule has 1 aromatic carbocycles. The average Bonchev–Trinajstić information content (AvgIpc) is 3.02. The SMILES string of the molecule is Cc1noc(C)c1COc1cccc(C(=O)NNC(=O)c2cnccn2)c1. The maximum atomic E-state index is 12.2. The Balaban J connectivity index is 1.59. The minimum absolute atomic E-state index is 0.0920. The number of carbonyl (C=O) groups is 2. The summed E-state index contributed by atoms with van der Waals surface area (Å²) in [6.45, 7) is 3.91. The molecular weight excluding hydrogens is 350 g/mol. The number of hydrogen-bond donors (Lipinski definition) is 2. The lowest BCUT2D eigenvalue weighted by molar-refractivity contribution is 0.0843. The summed E-state index contributed by atoms with van der Waals surface area (Å²) in [6, 6.07) is 6.59. The van der Waals surface area contributed by atoms with E-state index in [-0.39, 0.29) is 12.3 Å². The number of nitrogens with one attached hydrogen (secondary N) is 2. The van der Waals surface area contributed by atoms with Crippen molar-refractivity contribution in [2.24, 2.45) is 0 Å². The third kappa shape index (κ3) is 4.46. The van der Waals surface area contributed by atoms with E-state index in [4.69, 9.17) is 9.26 Å². The second-order valence-electron chi connectivity index (χ2n) is 5.62. The van der Waals surface area contributed by atoms with E-state index in [1.807, 2.05) is 13.8 Å². The van der Waals surface area contributed by atoms with Crippen LogP contribution in [-0.4, -0.2) is 26.9 Å². The number of amides is 2. The lowest BCUT2D eigenvalue weighted by Gasteiger charge is -2.09. The zero-order chi connectivity index (χ0) is 19.2. The van der Waals surface area contributed by atoms with Crippen molar-refractivity contribution in [1.29, 1.82) is 0 Å². The monoisotopic (exact) mass is 367 g/mol. The molecule has 138 valence electrons. The van der Waals surface area contributed by atoms with Crippen LogP contribution in [0.4, 0.5) is 0 Å². The van der Waals surface area contributed by atoms with Crippen LogP contribution in [0.5, 0.6) is 5.75 Å². The highest BCUT2D eigenvalue weighted by Gasteiger charge is 2.12. The maximum absolute atomic E-state index is 12.2. The topological polar surface area (TPSA) is 119 Å². The van der Waals surface area contributed by atoms with Crippen molar-refractivity contribution in [2.45, 2.75) is 20.5 Å². The normalized spacial score (nSPS) is 10.3. The van der Waals surface area contributed by atoms with Gasteiger partial charge in [0.15, 0.2) is 0 Å². The zero-order valence-electron chi connectivity index (χ0n) is 14.7. The molecule has 27 heavy (non-hydrogen) atoms. The molecule has 0 aliphatic heterocycles. The number of aromatic nitrogens is 3. The molecule has 0 aliphatic carbocycles. The van der Waals surface area contributed by atoms with Gasteiger partial charge in [0.25, 0.3) is 11.8 Å². The Bertz CT molecular complexity index is 936. The molecule has 0 atom stereocenters. The van der Waals surface area contributed by atoms with Crippen LogP contribution in [0, 0.1) is 13.8 Å². The van der Waals surface area contributed by atoms with Crippen molar-refractivity contribution in [1.82, 2.24) is 26.0 Å². The van der Waals surface area contributed by atoms with Gasteiger partial charge < -0.3 is 9.26 Å². The van der Waals surface area contributed by atoms with Gasteiger partial charge in [-0.3, -0.25) is 25.4 Å². The molecule has 3 aromatic rings. The molecule has 0 fully saturated rings. The molecule has 0 aliphatic rings. The molecule has 0 saturated carbocycles. The molecule has 0 spiro atoms. The van der Waals surface area contributed by atoms with E-state index >= 15 is 0 Å². The Kier molecular flexibility index (Phi) is 5.41. The van der Waals surface area contributed by atoms with Gasteiger partial charge in [-0.15, -0.1) is 0 Å². The van der Waals surface area contributed by atoms with Gasteiger partial charge in [-0.05, 0) is 32.0 Å². The van der Waals surface area contributed by atoms with Crippen LogP contribution < -0.4 is 15.6 Å². The van der Waals surface area contributed by atoms with Crippen LogP contribution in [0.1, 0.15) is 37.9 Å². The van der Waals surface area contributed by atoms with Gasteiger partial charge in [0, 0.05) is 18.0 Å². The predicted molar refractivity (Wildman–Crippen MR) is 93.7 cm³/mol. The molecule has 0 bridgehead atoms. The number of benzene rings is 1. The minimum atomic E-state index is -0.567. The summed E-state index contributed by atoms with van der Waals surface area (Å²) < 4.78 is 10.8. The zero-order valence-corrected chi connectivity index (χ0v) is 14.7. The third-order valence-electron chi connectivity index (χ3n) is 3.75. The summed E-state index contributed by atoms with van der Waals surface area (Å²) in [5.74, 6) is 0.133. The Morgan fingerprint density at radius 1 is 1.15 bits per heavy atom. The predicted octanol–water partition coefficient (Wildman–Crippen LogP) is 1.74. The van der Waals surface area contributed by atoms with Crippen LogP contribution in [0.15, 0.2) is 47.4 Å². The molecule has 2 N–H and O–H groups in total. The fraction of sp³-hybridized carbons (Fsp3) is 0.167. The first kappa shape index (κ1) is 18.1. The van der Waals surface area contributed by atoms with Crippen LogP contribution in [0.25, 0.3) is 0 Å². The summed E-state index contributed by atoms with van der Waals surface area (Å²) in [5, 5.41) is 3.87. The lowest BCUT2D eigenvalue weighted by atomic mass is 10.2. The molecule has 0 saturated heterocycles. The van der Waals surface area contributed by atoms with Crippen LogP contribution in [-0.2, 0) is 6.61 Å². The summed E-state index contributed by atoms with van der Waals surface area (Å²) >= 11 is 0. The first-order valence-corrected chi connectivity index (χ1v) is 8.06. The quantitative estimate of drug-likeness (QED) is 0.659. The van der Waals surface area contributed by atoms with E-state index in [1.54, 1.807) is 24.3 Å². The number of ether oxygens (including phenoxy) is 1. The number of aryl methyl sites for hydroxylation is 2. The minimum Gasteiger partial charge on any atom is -0.489 e. The number of carbonyl (C=O) groups excluding carboxylic acids is 2. The second kappa shape index (κ2) is 8.09. The summed E-state index contributed by atoms with van der Waals surface area (Å²) in [5.41, 5.74) is 6.65. The average molecular weight is 367 g/mol. The highest BCUT2D eigenvalue weighted by atomic mass is 16.5. The number of hydrogen-bond acceptors (Lipinski definition) is 7. The lowest BCUT2D eigenvalue weighted by Crippen LogP contribution is -2.41. The van der Waals surface area contributed by atoms with Crippen molar-refractivity contribution in [3.05, 3.63) is 71.1 Å². The van der Waals surface area contributed by atoms with Gasteiger partial charge in [0.1, 0.15) is 23.8 Å². The molecule has 2 amide bonds. The molecule has 9 heteroatoms. The Labute approximate surface area is 154 Å². The maximum Gasteiger partial charge on any atom is 0.289 e. The van der Waals surface area contributed by atoms with Gasteiger partial charge in [-0.25, -0.2) is 4.98 Å². The Morgan fingerprint density at radius 2 is 1.96 bits per heavy atom. The smallest absolute Gasteiger partial charge is 0.289 e. The van der Waals surface area contributed by atoms with Gasteiger partial charge in [0.2, 0.25) is 0 Å². The first-order chi connectivity index (χ1) is 13.0. The van der Waals surface area contributed by atoms with Gasteiger partial charge >= 0.3 is 0 Å². The van der Waals surface area contributed by atoms with E-state index in [0.29, 0.717) is 17.1 Å². The molecule has 0 radical (unpaired) electrons. The molecule has 9 nitrogen and oxygen atoms in total. The fourth-order valence-electron chi connectivity index (χ4n) is 2.26. The fourth-order valence-corrected chi connectivity index (χ4v) is 2.26. The van der Waals surface area contributed by atoms with E-state index in [1.165, 1.54) is 18.6 Å². The highest BCUT2D eigenvalue weighted by Crippen LogP contribution is 2.18. The van der Waals surface area contributed by atoms with Crippen molar-refractivity contribution in [3.8, 4) is 5.75 Å². The van der Waals surface area contributed by atoms with E-state index in [9.17, 15) is 9.59 Å². The number of hydrazine groups is 1. The molecule has 0 unspecified atom stereocenters. The standard InChI is InChI=1S/C18H17N5O4/c1-11-15(12(2)27-23-11)10-26-14-5-3-4-13(8-14)17(24)21-22-18(25)16-9-19-6-7-20-16/h3-9H,10H2,1-2H3,(H,21,24)(H,22,25). The van der Waals surface area contributed by atoms with E-state index in [2.05, 4.69) is 26.0 Å². The highest BCUT2D eigenvalue weighted by molar-refractivity contribution is 5.98. The Morgan fingerprint density at radius 3 is 2.67 bits per heavy atom. The van der Waals surface area contributed by atoms with Crippen molar-refractivity contribution in [3.63, 3.8) is 0 Å². The third-order valence-corrected chi connectivity index (χ3v) is 3.75. The molecular formula is C18H17N5O4.